The zero-order chi connectivity index (χ0) is 18.7. The maximum absolute atomic E-state index is 13.2. The number of rotatable bonds is 5. The van der Waals surface area contributed by atoms with Crippen LogP contribution in [0.4, 0.5) is 4.39 Å². The Morgan fingerprint density at radius 3 is 2.52 bits per heavy atom. The van der Waals surface area contributed by atoms with Gasteiger partial charge in [-0.05, 0) is 30.5 Å². The summed E-state index contributed by atoms with van der Waals surface area (Å²) in [6, 6.07) is 8.85. The minimum absolute atomic E-state index is 0.123. The van der Waals surface area contributed by atoms with Gasteiger partial charge >= 0.3 is 0 Å². The Kier molecular flexibility index (Phi) is 5.11. The molecule has 2 heterocycles. The third-order valence-corrected chi connectivity index (χ3v) is 5.66. The van der Waals surface area contributed by atoms with Crippen molar-refractivity contribution in [2.24, 2.45) is 4.99 Å². The van der Waals surface area contributed by atoms with Crippen LogP contribution in [0, 0.1) is 5.82 Å². The lowest BCUT2D eigenvalue weighted by atomic mass is 9.96. The Labute approximate surface area is 159 Å². The van der Waals surface area contributed by atoms with Crippen molar-refractivity contribution in [2.75, 3.05) is 39.8 Å². The first kappa shape index (κ1) is 18.0. The number of nitrogens with one attached hydrogen (secondary N) is 1. The van der Waals surface area contributed by atoms with E-state index in [1.807, 2.05) is 25.2 Å². The maximum atomic E-state index is 13.2. The molecule has 1 N–H and O–H groups in total. The van der Waals surface area contributed by atoms with Crippen molar-refractivity contribution in [3.05, 3.63) is 53.7 Å². The van der Waals surface area contributed by atoms with Gasteiger partial charge in [-0.3, -0.25) is 9.89 Å². The molecule has 0 atom stereocenters. The molecule has 1 saturated heterocycles. The number of halogens is 1. The highest BCUT2D eigenvalue weighted by Crippen LogP contribution is 2.47. The molecule has 7 heteroatoms. The predicted octanol–water partition coefficient (Wildman–Crippen LogP) is 2.24. The van der Waals surface area contributed by atoms with Gasteiger partial charge in [0.05, 0.1) is 5.69 Å². The van der Waals surface area contributed by atoms with E-state index in [0.717, 1.165) is 63.8 Å². The number of piperazine rings is 1. The number of aliphatic imine (C=N–C) groups is 1. The summed E-state index contributed by atoms with van der Waals surface area (Å²) in [6.07, 6.45) is 3.88. The molecule has 1 aromatic heterocycles. The molecule has 6 nitrogen and oxygen atoms in total. The topological polar surface area (TPSA) is 56.9 Å². The molecule has 1 aliphatic carbocycles. The van der Waals surface area contributed by atoms with E-state index >= 15 is 0 Å². The van der Waals surface area contributed by atoms with Gasteiger partial charge in [-0.1, -0.05) is 17.3 Å². The summed E-state index contributed by atoms with van der Waals surface area (Å²) in [7, 11) is 1.83. The van der Waals surface area contributed by atoms with Crippen LogP contribution >= 0.6 is 0 Å². The van der Waals surface area contributed by atoms with Crippen LogP contribution in [0.3, 0.4) is 0 Å². The van der Waals surface area contributed by atoms with E-state index in [2.05, 4.69) is 25.3 Å². The molecule has 2 fully saturated rings. The number of benzene rings is 1. The van der Waals surface area contributed by atoms with Gasteiger partial charge in [0.25, 0.3) is 0 Å². The molecule has 27 heavy (non-hydrogen) atoms. The van der Waals surface area contributed by atoms with Crippen LogP contribution in [0.2, 0.25) is 0 Å². The molecule has 0 radical (unpaired) electrons. The van der Waals surface area contributed by atoms with Crippen molar-refractivity contribution >= 4 is 5.96 Å². The third kappa shape index (κ3) is 4.13. The maximum Gasteiger partial charge on any atom is 0.193 e. The number of hydrogen-bond donors (Lipinski definition) is 1. The molecule has 4 rings (SSSR count). The zero-order valence-electron chi connectivity index (χ0n) is 15.7. The summed E-state index contributed by atoms with van der Waals surface area (Å²) in [5.41, 5.74) is 2.31. The fourth-order valence-electron chi connectivity index (χ4n) is 3.77. The van der Waals surface area contributed by atoms with E-state index in [4.69, 9.17) is 4.52 Å². The number of nitrogens with zero attached hydrogens (tertiary/aromatic N) is 4. The summed E-state index contributed by atoms with van der Waals surface area (Å²) >= 11 is 0. The van der Waals surface area contributed by atoms with Crippen LogP contribution in [-0.2, 0) is 12.0 Å². The SMILES string of the molecule is CN=C(NCC1(c2ccc(F)cc2)CC1)N1CCN(Cc2ccon2)CC1. The van der Waals surface area contributed by atoms with Crippen molar-refractivity contribution in [3.8, 4) is 0 Å². The molecular formula is C20H26FN5O. The van der Waals surface area contributed by atoms with Gasteiger partial charge in [0.2, 0.25) is 0 Å². The second kappa shape index (κ2) is 7.68. The van der Waals surface area contributed by atoms with Gasteiger partial charge in [0.1, 0.15) is 12.1 Å². The Morgan fingerprint density at radius 2 is 1.93 bits per heavy atom. The smallest absolute Gasteiger partial charge is 0.193 e. The average molecular weight is 371 g/mol. The molecule has 2 aromatic rings. The van der Waals surface area contributed by atoms with Crippen LogP contribution in [0.15, 0.2) is 46.1 Å². The first-order chi connectivity index (χ1) is 13.2. The van der Waals surface area contributed by atoms with Crippen molar-refractivity contribution in [2.45, 2.75) is 24.8 Å². The molecule has 0 amide bonds. The molecular weight excluding hydrogens is 345 g/mol. The lowest BCUT2D eigenvalue weighted by molar-refractivity contribution is 0.169. The van der Waals surface area contributed by atoms with Gasteiger partial charge < -0.3 is 14.7 Å². The monoisotopic (exact) mass is 371 g/mol. The highest BCUT2D eigenvalue weighted by molar-refractivity contribution is 5.80. The van der Waals surface area contributed by atoms with E-state index in [1.165, 1.54) is 5.56 Å². The molecule has 1 aliphatic heterocycles. The minimum Gasteiger partial charge on any atom is -0.364 e. The first-order valence-corrected chi connectivity index (χ1v) is 9.52. The molecule has 0 unspecified atom stereocenters. The first-order valence-electron chi connectivity index (χ1n) is 9.52. The van der Waals surface area contributed by atoms with Crippen LogP contribution in [0.5, 0.6) is 0 Å². The number of guanidine groups is 1. The molecule has 0 bridgehead atoms. The van der Waals surface area contributed by atoms with Crippen molar-refractivity contribution in [1.29, 1.82) is 0 Å². The number of aromatic nitrogens is 1. The van der Waals surface area contributed by atoms with Crippen LogP contribution in [0.25, 0.3) is 0 Å². The van der Waals surface area contributed by atoms with Gasteiger partial charge in [0.15, 0.2) is 5.96 Å². The summed E-state index contributed by atoms with van der Waals surface area (Å²) in [5, 5.41) is 7.54. The third-order valence-electron chi connectivity index (χ3n) is 5.66. The molecule has 0 spiro atoms. The lowest BCUT2D eigenvalue weighted by Gasteiger charge is -2.36. The van der Waals surface area contributed by atoms with Crippen molar-refractivity contribution < 1.29 is 8.91 Å². The largest absolute Gasteiger partial charge is 0.364 e. The summed E-state index contributed by atoms with van der Waals surface area (Å²) in [4.78, 5) is 9.16. The van der Waals surface area contributed by atoms with Gasteiger partial charge in [-0.25, -0.2) is 4.39 Å². The van der Waals surface area contributed by atoms with E-state index in [0.29, 0.717) is 0 Å². The van der Waals surface area contributed by atoms with Crippen molar-refractivity contribution in [1.82, 2.24) is 20.3 Å². The highest BCUT2D eigenvalue weighted by Gasteiger charge is 2.44. The van der Waals surface area contributed by atoms with Gasteiger partial charge in [0, 0.05) is 57.8 Å². The van der Waals surface area contributed by atoms with E-state index in [9.17, 15) is 4.39 Å². The molecule has 2 aliphatic rings. The summed E-state index contributed by atoms with van der Waals surface area (Å²) < 4.78 is 18.1. The fourth-order valence-corrected chi connectivity index (χ4v) is 3.77. The zero-order valence-corrected chi connectivity index (χ0v) is 15.7. The predicted molar refractivity (Wildman–Crippen MR) is 102 cm³/mol. The van der Waals surface area contributed by atoms with Crippen molar-refractivity contribution in [3.63, 3.8) is 0 Å². The highest BCUT2D eigenvalue weighted by atomic mass is 19.1. The van der Waals surface area contributed by atoms with Gasteiger partial charge in [-0.15, -0.1) is 0 Å². The summed E-state index contributed by atoms with van der Waals surface area (Å²) in [5.74, 6) is 0.770. The van der Waals surface area contributed by atoms with Crippen LogP contribution in [0.1, 0.15) is 24.1 Å². The summed E-state index contributed by atoms with van der Waals surface area (Å²) in [6.45, 7) is 5.46. The van der Waals surface area contributed by atoms with Crippen LogP contribution < -0.4 is 5.32 Å². The lowest BCUT2D eigenvalue weighted by Crippen LogP contribution is -2.53. The fraction of sp³-hybridized carbons (Fsp3) is 0.500. The quantitative estimate of drug-likeness (QED) is 0.645. The van der Waals surface area contributed by atoms with E-state index in [-0.39, 0.29) is 11.2 Å². The van der Waals surface area contributed by atoms with Crippen LogP contribution in [-0.4, -0.2) is 60.7 Å². The normalized spacial score (nSPS) is 19.9. The van der Waals surface area contributed by atoms with E-state index in [1.54, 1.807) is 18.4 Å². The molecule has 1 aromatic carbocycles. The Hall–Kier alpha value is -2.41. The second-order valence-corrected chi connectivity index (χ2v) is 7.44. The molecule has 1 saturated carbocycles. The average Bonchev–Trinajstić information content (AvgIpc) is 3.31. The second-order valence-electron chi connectivity index (χ2n) is 7.44. The van der Waals surface area contributed by atoms with E-state index < -0.39 is 0 Å². The number of hydrogen-bond acceptors (Lipinski definition) is 4. The minimum atomic E-state index is -0.179. The Balaban J connectivity index is 1.29. The molecule has 144 valence electrons. The van der Waals surface area contributed by atoms with Gasteiger partial charge in [-0.2, -0.15) is 0 Å². The standard InChI is InChI=1S/C20H26FN5O/c1-22-19(23-15-20(7-8-20)16-2-4-17(21)5-3-16)26-11-9-25(10-12-26)14-18-6-13-27-24-18/h2-6,13H,7-12,14-15H2,1H3,(H,22,23). The Morgan fingerprint density at radius 1 is 1.19 bits per heavy atom. The Bertz CT molecular complexity index is 762.